The number of anilines is 1. The van der Waals surface area contributed by atoms with E-state index >= 15 is 0 Å². The number of carbonyl (C=O) groups is 1. The molecule has 1 aromatic carbocycles. The van der Waals surface area contributed by atoms with Crippen LogP contribution in [0.3, 0.4) is 0 Å². The van der Waals surface area contributed by atoms with E-state index in [4.69, 9.17) is 0 Å². The molecule has 2 atom stereocenters. The Morgan fingerprint density at radius 2 is 2.00 bits per heavy atom. The van der Waals surface area contributed by atoms with Crippen molar-refractivity contribution in [1.29, 1.82) is 0 Å². The Labute approximate surface area is 150 Å². The van der Waals surface area contributed by atoms with Crippen molar-refractivity contribution < 1.29 is 22.7 Å². The zero-order valence-corrected chi connectivity index (χ0v) is 14.5. The summed E-state index contributed by atoms with van der Waals surface area (Å²) in [5, 5.41) is 6.24. The van der Waals surface area contributed by atoms with Crippen LogP contribution >= 0.6 is 12.4 Å². The zero-order valence-electron chi connectivity index (χ0n) is 13.7. The number of rotatable bonds is 4. The third kappa shape index (κ3) is 4.58. The number of nitrogens with one attached hydrogen (secondary N) is 2. The van der Waals surface area contributed by atoms with Crippen molar-refractivity contribution in [2.75, 3.05) is 25.0 Å². The second-order valence-electron chi connectivity index (χ2n) is 6.61. The first-order chi connectivity index (χ1) is 11.4. The average Bonchev–Trinajstić information content (AvgIpc) is 2.99. The molecule has 2 fully saturated rings. The molecule has 0 aromatic heterocycles. The summed E-state index contributed by atoms with van der Waals surface area (Å²) in [5.41, 5.74) is 0.217. The summed E-state index contributed by atoms with van der Waals surface area (Å²) in [5.74, 6) is 0.489. The molecule has 4 nitrogen and oxygen atoms in total. The molecule has 1 aromatic rings. The van der Waals surface area contributed by atoms with Crippen LogP contribution in [0.2, 0.25) is 0 Å². The lowest BCUT2D eigenvalue weighted by Crippen LogP contribution is -2.44. The molecule has 25 heavy (non-hydrogen) atoms. The van der Waals surface area contributed by atoms with E-state index in [1.165, 1.54) is 12.1 Å². The normalized spacial score (nSPS) is 25.6. The van der Waals surface area contributed by atoms with Gasteiger partial charge >= 0.3 is 6.18 Å². The first-order valence-electron chi connectivity index (χ1n) is 8.21. The van der Waals surface area contributed by atoms with E-state index in [2.05, 4.69) is 15.4 Å². The van der Waals surface area contributed by atoms with Gasteiger partial charge in [0.1, 0.15) is 5.75 Å². The highest BCUT2D eigenvalue weighted by molar-refractivity contribution is 5.96. The van der Waals surface area contributed by atoms with Crippen LogP contribution in [0.25, 0.3) is 0 Å². The minimum atomic E-state index is -4.36. The van der Waals surface area contributed by atoms with Crippen molar-refractivity contribution in [2.24, 2.45) is 11.3 Å². The fraction of sp³-hybridized carbons (Fsp3) is 0.588. The van der Waals surface area contributed by atoms with Crippen LogP contribution in [-0.4, -0.2) is 31.8 Å². The molecule has 1 aliphatic carbocycles. The number of hydrogen-bond acceptors (Lipinski definition) is 3. The van der Waals surface area contributed by atoms with Gasteiger partial charge in [-0.1, -0.05) is 12.8 Å². The van der Waals surface area contributed by atoms with Gasteiger partial charge in [-0.05, 0) is 49.6 Å². The van der Waals surface area contributed by atoms with Gasteiger partial charge in [0.25, 0.3) is 0 Å². The summed E-state index contributed by atoms with van der Waals surface area (Å²) < 4.78 is 41.1. The van der Waals surface area contributed by atoms with Crippen molar-refractivity contribution in [1.82, 2.24) is 5.32 Å². The highest BCUT2D eigenvalue weighted by atomic mass is 35.5. The van der Waals surface area contributed by atoms with Crippen molar-refractivity contribution in [3.63, 3.8) is 0 Å². The Hall–Kier alpha value is -1.47. The Balaban J connectivity index is 0.00000225. The molecule has 0 radical (unpaired) electrons. The fourth-order valence-corrected chi connectivity index (χ4v) is 3.75. The molecule has 0 unspecified atom stereocenters. The quantitative estimate of drug-likeness (QED) is 0.838. The maximum atomic E-state index is 12.8. The third-order valence-electron chi connectivity index (χ3n) is 5.01. The maximum Gasteiger partial charge on any atom is 0.422 e. The monoisotopic (exact) mass is 378 g/mol. The fourth-order valence-electron chi connectivity index (χ4n) is 3.75. The van der Waals surface area contributed by atoms with E-state index in [1.807, 2.05) is 0 Å². The second kappa shape index (κ2) is 7.83. The van der Waals surface area contributed by atoms with Crippen LogP contribution in [-0.2, 0) is 4.79 Å². The van der Waals surface area contributed by atoms with Crippen molar-refractivity contribution >= 4 is 24.0 Å². The molecule has 2 aliphatic rings. The lowest BCUT2D eigenvalue weighted by atomic mass is 9.67. The minimum absolute atomic E-state index is 0. The van der Waals surface area contributed by atoms with Gasteiger partial charge in [-0.3, -0.25) is 4.79 Å². The number of alkyl halides is 3. The first-order valence-corrected chi connectivity index (χ1v) is 8.21. The largest absolute Gasteiger partial charge is 0.484 e. The molecular weight excluding hydrogens is 357 g/mol. The molecule has 1 aliphatic heterocycles. The second-order valence-corrected chi connectivity index (χ2v) is 6.61. The summed E-state index contributed by atoms with van der Waals surface area (Å²) in [6.45, 7) is 0.239. The van der Waals surface area contributed by atoms with E-state index < -0.39 is 12.8 Å². The van der Waals surface area contributed by atoms with Gasteiger partial charge in [0.2, 0.25) is 5.91 Å². The summed E-state index contributed by atoms with van der Waals surface area (Å²) in [4.78, 5) is 12.8. The molecule has 1 amide bonds. The first kappa shape index (κ1) is 19.8. The van der Waals surface area contributed by atoms with Crippen molar-refractivity contribution in [2.45, 2.75) is 31.9 Å². The predicted molar refractivity (Wildman–Crippen MR) is 91.1 cm³/mol. The van der Waals surface area contributed by atoms with E-state index in [-0.39, 0.29) is 29.5 Å². The number of halogens is 4. The summed E-state index contributed by atoms with van der Waals surface area (Å²) in [7, 11) is 0. The maximum absolute atomic E-state index is 12.8. The summed E-state index contributed by atoms with van der Waals surface area (Å²) in [6, 6.07) is 6.01. The molecule has 2 N–H and O–H groups in total. The SMILES string of the molecule is Cl.O=C(Nc1ccc(OCC(F)(F)F)cc1)[C@@]12CCCC[C@H]1CNC2. The van der Waals surface area contributed by atoms with E-state index in [0.29, 0.717) is 18.2 Å². The molecule has 1 saturated carbocycles. The van der Waals surface area contributed by atoms with Crippen LogP contribution in [0, 0.1) is 11.3 Å². The Bertz CT molecular complexity index is 595. The molecule has 1 heterocycles. The molecule has 0 spiro atoms. The number of fused-ring (bicyclic) bond motifs is 1. The number of ether oxygens (including phenoxy) is 1. The van der Waals surface area contributed by atoms with Crippen LogP contribution < -0.4 is 15.4 Å². The van der Waals surface area contributed by atoms with Crippen molar-refractivity contribution in [3.8, 4) is 5.75 Å². The summed E-state index contributed by atoms with van der Waals surface area (Å²) in [6.07, 6.45) is -0.214. The van der Waals surface area contributed by atoms with Crippen molar-refractivity contribution in [3.05, 3.63) is 24.3 Å². The smallest absolute Gasteiger partial charge is 0.422 e. The molecule has 0 bridgehead atoms. The molecule has 140 valence electrons. The topological polar surface area (TPSA) is 50.4 Å². The van der Waals surface area contributed by atoms with Gasteiger partial charge < -0.3 is 15.4 Å². The van der Waals surface area contributed by atoms with Crippen LogP contribution in [0.15, 0.2) is 24.3 Å². The molecular formula is C17H22ClF3N2O2. The molecule has 8 heteroatoms. The number of amides is 1. The van der Waals surface area contributed by atoms with E-state index in [9.17, 15) is 18.0 Å². The molecule has 3 rings (SSSR count). The van der Waals surface area contributed by atoms with Gasteiger partial charge in [0.15, 0.2) is 6.61 Å². The van der Waals surface area contributed by atoms with Gasteiger partial charge in [-0.15, -0.1) is 12.4 Å². The van der Waals surface area contributed by atoms with Gasteiger partial charge in [-0.25, -0.2) is 0 Å². The highest BCUT2D eigenvalue weighted by Gasteiger charge is 2.49. The van der Waals surface area contributed by atoms with Gasteiger partial charge in [-0.2, -0.15) is 13.2 Å². The lowest BCUT2D eigenvalue weighted by molar-refractivity contribution is -0.153. The van der Waals surface area contributed by atoms with Crippen LogP contribution in [0.4, 0.5) is 18.9 Å². The lowest BCUT2D eigenvalue weighted by Gasteiger charge is -2.37. The molecule has 1 saturated heterocycles. The zero-order chi connectivity index (χ0) is 17.2. The van der Waals surface area contributed by atoms with E-state index in [0.717, 1.165) is 32.2 Å². The van der Waals surface area contributed by atoms with Crippen LogP contribution in [0.5, 0.6) is 5.75 Å². The third-order valence-corrected chi connectivity index (χ3v) is 5.01. The number of hydrogen-bond donors (Lipinski definition) is 2. The number of carbonyl (C=O) groups excluding carboxylic acids is 1. The van der Waals surface area contributed by atoms with Gasteiger partial charge in [0, 0.05) is 12.2 Å². The predicted octanol–water partition coefficient (Wildman–Crippen LogP) is 3.77. The Morgan fingerprint density at radius 1 is 1.28 bits per heavy atom. The average molecular weight is 379 g/mol. The van der Waals surface area contributed by atoms with E-state index in [1.54, 1.807) is 12.1 Å². The van der Waals surface area contributed by atoms with Gasteiger partial charge in [0.05, 0.1) is 5.41 Å². The summed E-state index contributed by atoms with van der Waals surface area (Å²) >= 11 is 0. The standard InChI is InChI=1S/C17H21F3N2O2.ClH/c18-17(19,20)11-24-14-6-4-13(5-7-14)22-15(23)16-8-2-1-3-12(16)9-21-10-16;/h4-7,12,21H,1-3,8-11H2,(H,22,23);1H/t12-,16+;/m0./s1. The Morgan fingerprint density at radius 3 is 2.68 bits per heavy atom. The number of benzene rings is 1. The highest BCUT2D eigenvalue weighted by Crippen LogP contribution is 2.44. The minimum Gasteiger partial charge on any atom is -0.484 e. The Kier molecular flexibility index (Phi) is 6.21. The van der Waals surface area contributed by atoms with Crippen LogP contribution in [0.1, 0.15) is 25.7 Å².